The van der Waals surface area contributed by atoms with Crippen molar-refractivity contribution in [3.8, 4) is 0 Å². The maximum Gasteiger partial charge on any atom is 0.306 e. The molecule has 0 fully saturated rings. The Bertz CT molecular complexity index is 216. The third-order valence-corrected chi connectivity index (χ3v) is 2.14. The Morgan fingerprint density at radius 3 is 2.44 bits per heavy atom. The van der Waals surface area contributed by atoms with E-state index in [0.29, 0.717) is 18.9 Å². The quantitative estimate of drug-likeness (QED) is 0.481. The van der Waals surface area contributed by atoms with Crippen LogP contribution in [0, 0.1) is 5.92 Å². The molecule has 0 amide bonds. The second-order valence-corrected chi connectivity index (χ2v) is 4.98. The largest absolute Gasteiger partial charge is 0.481 e. The van der Waals surface area contributed by atoms with Crippen molar-refractivity contribution in [1.29, 1.82) is 0 Å². The average Bonchev–Trinajstić information content (AvgIpc) is 1.98. The summed E-state index contributed by atoms with van der Waals surface area (Å²) in [5.41, 5.74) is -0.822. The molecule has 0 aliphatic heterocycles. The van der Waals surface area contributed by atoms with Crippen LogP contribution in [-0.4, -0.2) is 46.1 Å². The monoisotopic (exact) mass is 233 g/mol. The van der Waals surface area contributed by atoms with Crippen molar-refractivity contribution in [2.45, 2.75) is 45.3 Å². The van der Waals surface area contributed by atoms with Crippen molar-refractivity contribution in [2.24, 2.45) is 5.92 Å². The molecule has 0 aliphatic rings. The van der Waals surface area contributed by atoms with E-state index in [1.807, 2.05) is 13.8 Å². The first kappa shape index (κ1) is 15.3. The first-order chi connectivity index (χ1) is 7.23. The van der Waals surface area contributed by atoms with E-state index in [4.69, 9.17) is 5.11 Å². The van der Waals surface area contributed by atoms with Gasteiger partial charge in [-0.3, -0.25) is 4.79 Å². The minimum atomic E-state index is -1.02. The fraction of sp³-hybridized carbons (Fsp3) is 0.909. The molecule has 0 bridgehead atoms. The Kier molecular flexibility index (Phi) is 6.55. The first-order valence-corrected chi connectivity index (χ1v) is 5.56. The molecule has 0 aliphatic carbocycles. The molecule has 96 valence electrons. The van der Waals surface area contributed by atoms with Crippen LogP contribution < -0.4 is 5.32 Å². The van der Waals surface area contributed by atoms with Crippen molar-refractivity contribution in [1.82, 2.24) is 5.32 Å². The number of aliphatic carboxylic acids is 1. The van der Waals surface area contributed by atoms with E-state index in [-0.39, 0.29) is 13.0 Å². The summed E-state index contributed by atoms with van der Waals surface area (Å²) in [7, 11) is 0. The van der Waals surface area contributed by atoms with Crippen molar-refractivity contribution < 1.29 is 20.1 Å². The molecule has 0 heterocycles. The van der Waals surface area contributed by atoms with E-state index in [1.165, 1.54) is 0 Å². The van der Waals surface area contributed by atoms with Gasteiger partial charge in [-0.25, -0.2) is 0 Å². The third-order valence-electron chi connectivity index (χ3n) is 2.14. The van der Waals surface area contributed by atoms with Gasteiger partial charge < -0.3 is 20.6 Å². The smallest absolute Gasteiger partial charge is 0.306 e. The van der Waals surface area contributed by atoms with Crippen LogP contribution in [0.15, 0.2) is 0 Å². The molecule has 0 spiro atoms. The molecule has 0 saturated carbocycles. The van der Waals surface area contributed by atoms with E-state index >= 15 is 0 Å². The summed E-state index contributed by atoms with van der Waals surface area (Å²) in [6.45, 7) is 6.30. The summed E-state index contributed by atoms with van der Waals surface area (Å²) in [6, 6.07) is 0. The number of hydrogen-bond acceptors (Lipinski definition) is 4. The minimum absolute atomic E-state index is 0.181. The second kappa shape index (κ2) is 6.83. The van der Waals surface area contributed by atoms with E-state index < -0.39 is 17.7 Å². The van der Waals surface area contributed by atoms with Crippen LogP contribution in [0.4, 0.5) is 0 Å². The zero-order chi connectivity index (χ0) is 12.8. The lowest BCUT2D eigenvalue weighted by atomic mass is 9.94. The normalized spacial score (nSPS) is 17.1. The van der Waals surface area contributed by atoms with Gasteiger partial charge in [-0.2, -0.15) is 0 Å². The zero-order valence-corrected chi connectivity index (χ0v) is 10.2. The lowest BCUT2D eigenvalue weighted by Gasteiger charge is -2.26. The molecule has 2 atom stereocenters. The number of aliphatic hydroxyl groups is 2. The van der Waals surface area contributed by atoms with Gasteiger partial charge in [0.25, 0.3) is 0 Å². The predicted octanol–water partition coefficient (Wildman–Crippen LogP) is 0.209. The van der Waals surface area contributed by atoms with Gasteiger partial charge in [-0.15, -0.1) is 0 Å². The molecular formula is C11H23NO4. The lowest BCUT2D eigenvalue weighted by Crippen LogP contribution is -2.41. The van der Waals surface area contributed by atoms with E-state index in [0.717, 1.165) is 0 Å². The number of carboxylic acids is 1. The highest BCUT2D eigenvalue weighted by atomic mass is 16.4. The minimum Gasteiger partial charge on any atom is -0.481 e. The lowest BCUT2D eigenvalue weighted by molar-refractivity contribution is -0.139. The van der Waals surface area contributed by atoms with Gasteiger partial charge in [0, 0.05) is 13.1 Å². The Morgan fingerprint density at radius 2 is 2.00 bits per heavy atom. The highest BCUT2D eigenvalue weighted by Crippen LogP contribution is 2.14. The Morgan fingerprint density at radius 1 is 1.44 bits per heavy atom. The van der Waals surface area contributed by atoms with Crippen LogP contribution in [0.25, 0.3) is 0 Å². The number of aliphatic hydroxyl groups excluding tert-OH is 1. The molecule has 16 heavy (non-hydrogen) atoms. The summed E-state index contributed by atoms with van der Waals surface area (Å²) in [5, 5.41) is 30.5. The topological polar surface area (TPSA) is 89.8 Å². The Balaban J connectivity index is 3.75. The van der Waals surface area contributed by atoms with Gasteiger partial charge in [0.15, 0.2) is 0 Å². The summed E-state index contributed by atoms with van der Waals surface area (Å²) in [4.78, 5) is 10.3. The molecule has 0 saturated heterocycles. The van der Waals surface area contributed by atoms with Gasteiger partial charge in [0.1, 0.15) is 0 Å². The fourth-order valence-corrected chi connectivity index (χ4v) is 1.73. The molecule has 0 aromatic heterocycles. The standard InChI is InChI=1S/C11H23NO4/c1-8(2)5-11(3,16)7-12-6-9(13)4-10(14)15/h8-9,12-13,16H,4-7H2,1-3H3,(H,14,15). The second-order valence-electron chi connectivity index (χ2n) is 4.98. The fourth-order valence-electron chi connectivity index (χ4n) is 1.73. The van der Waals surface area contributed by atoms with Gasteiger partial charge in [0.05, 0.1) is 18.1 Å². The van der Waals surface area contributed by atoms with Crippen LogP contribution in [0.2, 0.25) is 0 Å². The highest BCUT2D eigenvalue weighted by molar-refractivity contribution is 5.67. The molecule has 0 rings (SSSR count). The molecule has 5 nitrogen and oxygen atoms in total. The van der Waals surface area contributed by atoms with Gasteiger partial charge in [-0.1, -0.05) is 13.8 Å². The van der Waals surface area contributed by atoms with Crippen molar-refractivity contribution in [2.75, 3.05) is 13.1 Å². The summed E-state index contributed by atoms with van der Waals surface area (Å²) in [6.07, 6.45) is -0.527. The molecule has 0 aromatic rings. The third kappa shape index (κ3) is 8.64. The number of rotatable bonds is 8. The average molecular weight is 233 g/mol. The van der Waals surface area contributed by atoms with Crippen LogP contribution in [0.5, 0.6) is 0 Å². The number of carboxylic acid groups (broad SMARTS) is 1. The predicted molar refractivity (Wildman–Crippen MR) is 61.2 cm³/mol. The molecule has 0 aromatic carbocycles. The van der Waals surface area contributed by atoms with E-state index in [2.05, 4.69) is 5.32 Å². The maximum atomic E-state index is 10.3. The maximum absolute atomic E-state index is 10.3. The van der Waals surface area contributed by atoms with Crippen molar-refractivity contribution in [3.05, 3.63) is 0 Å². The molecular weight excluding hydrogens is 210 g/mol. The Hall–Kier alpha value is -0.650. The molecule has 4 N–H and O–H groups in total. The van der Waals surface area contributed by atoms with Crippen LogP contribution >= 0.6 is 0 Å². The number of hydrogen-bond donors (Lipinski definition) is 4. The molecule has 0 radical (unpaired) electrons. The highest BCUT2D eigenvalue weighted by Gasteiger charge is 2.21. The van der Waals surface area contributed by atoms with Crippen molar-refractivity contribution in [3.63, 3.8) is 0 Å². The van der Waals surface area contributed by atoms with E-state index in [1.54, 1.807) is 6.92 Å². The van der Waals surface area contributed by atoms with Crippen LogP contribution in [-0.2, 0) is 4.79 Å². The van der Waals surface area contributed by atoms with Gasteiger partial charge in [0.2, 0.25) is 0 Å². The van der Waals surface area contributed by atoms with Gasteiger partial charge in [-0.05, 0) is 19.3 Å². The van der Waals surface area contributed by atoms with Crippen LogP contribution in [0.1, 0.15) is 33.6 Å². The molecule has 5 heteroatoms. The number of nitrogens with one attached hydrogen (secondary N) is 1. The SMILES string of the molecule is CC(C)CC(C)(O)CNCC(O)CC(=O)O. The molecule has 2 unspecified atom stereocenters. The number of carbonyl (C=O) groups is 1. The van der Waals surface area contributed by atoms with E-state index in [9.17, 15) is 15.0 Å². The first-order valence-electron chi connectivity index (χ1n) is 5.56. The van der Waals surface area contributed by atoms with Gasteiger partial charge >= 0.3 is 5.97 Å². The summed E-state index contributed by atoms with van der Waals surface area (Å²) < 4.78 is 0. The zero-order valence-electron chi connectivity index (χ0n) is 10.2. The summed E-state index contributed by atoms with van der Waals surface area (Å²) >= 11 is 0. The summed E-state index contributed by atoms with van der Waals surface area (Å²) in [5.74, 6) is -0.635. The van der Waals surface area contributed by atoms with Crippen LogP contribution in [0.3, 0.4) is 0 Å². The van der Waals surface area contributed by atoms with Crippen molar-refractivity contribution >= 4 is 5.97 Å². The Labute approximate surface area is 96.5 Å².